The van der Waals surface area contributed by atoms with Crippen LogP contribution >= 0.6 is 0 Å². The number of nitrogens with two attached hydrogens (primary N) is 1. The average Bonchev–Trinajstić information content (AvgIpc) is 2.94. The Kier molecular flexibility index (Phi) is 6.57. The van der Waals surface area contributed by atoms with Gasteiger partial charge in [0.25, 0.3) is 0 Å². The molecule has 146 valence electrons. The number of nitrogens with zero attached hydrogens (tertiary/aromatic N) is 3. The van der Waals surface area contributed by atoms with Crippen LogP contribution in [-0.2, 0) is 11.3 Å². The van der Waals surface area contributed by atoms with Gasteiger partial charge >= 0.3 is 6.09 Å². The van der Waals surface area contributed by atoms with E-state index >= 15 is 0 Å². The molecule has 0 saturated heterocycles. The predicted octanol–water partition coefficient (Wildman–Crippen LogP) is 3.23. The number of carbonyl (C=O) groups is 1. The van der Waals surface area contributed by atoms with Crippen molar-refractivity contribution in [3.8, 4) is 11.3 Å². The van der Waals surface area contributed by atoms with Crippen LogP contribution in [0.1, 0.15) is 38.9 Å². The number of aromatic nitrogens is 3. The second kappa shape index (κ2) is 8.68. The van der Waals surface area contributed by atoms with Gasteiger partial charge in [-0.2, -0.15) is 5.10 Å². The van der Waals surface area contributed by atoms with Crippen molar-refractivity contribution in [2.45, 2.75) is 45.4 Å². The molecule has 0 aromatic carbocycles. The number of rotatable bonds is 8. The van der Waals surface area contributed by atoms with Gasteiger partial charge in [-0.3, -0.25) is 9.67 Å². The summed E-state index contributed by atoms with van der Waals surface area (Å²) in [5.41, 5.74) is 8.59. The highest BCUT2D eigenvalue weighted by Gasteiger charge is 2.18. The molecule has 2 aromatic heterocycles. The van der Waals surface area contributed by atoms with E-state index in [2.05, 4.69) is 22.0 Å². The molecule has 2 heterocycles. The molecule has 0 spiro atoms. The van der Waals surface area contributed by atoms with Crippen LogP contribution < -0.4 is 11.1 Å². The number of hydrogen-bond donors (Lipinski definition) is 3. The van der Waals surface area contributed by atoms with Crippen molar-refractivity contribution in [1.29, 1.82) is 0 Å². The Bertz CT molecular complexity index is 795. The van der Waals surface area contributed by atoms with E-state index in [1.165, 1.54) is 0 Å². The highest BCUT2D eigenvalue weighted by Crippen LogP contribution is 2.28. The van der Waals surface area contributed by atoms with Gasteiger partial charge in [-0.05, 0) is 39.3 Å². The second-order valence-corrected chi connectivity index (χ2v) is 7.13. The summed E-state index contributed by atoms with van der Waals surface area (Å²) < 4.78 is 7.56. The van der Waals surface area contributed by atoms with Crippen molar-refractivity contribution in [2.24, 2.45) is 0 Å². The zero-order valence-electron chi connectivity index (χ0n) is 16.0. The molecule has 27 heavy (non-hydrogen) atoms. The third kappa shape index (κ3) is 5.82. The van der Waals surface area contributed by atoms with Gasteiger partial charge in [0.15, 0.2) is 0 Å². The lowest BCUT2D eigenvalue weighted by Gasteiger charge is -2.20. The molecule has 1 atom stereocenters. The fourth-order valence-corrected chi connectivity index (χ4v) is 2.68. The van der Waals surface area contributed by atoms with E-state index in [0.717, 1.165) is 11.3 Å². The Hall–Kier alpha value is -2.87. The van der Waals surface area contributed by atoms with Crippen LogP contribution in [0.2, 0.25) is 0 Å². The highest BCUT2D eigenvalue weighted by atomic mass is 16.5. The Morgan fingerprint density at radius 1 is 1.52 bits per heavy atom. The maximum absolute atomic E-state index is 11.1. The lowest BCUT2D eigenvalue weighted by Crippen LogP contribution is -2.27. The van der Waals surface area contributed by atoms with Crippen LogP contribution in [0.5, 0.6) is 0 Å². The minimum absolute atomic E-state index is 0.233. The largest absolute Gasteiger partial charge is 0.465 e. The van der Waals surface area contributed by atoms with Crippen LogP contribution in [0, 0.1) is 0 Å². The Morgan fingerprint density at radius 3 is 2.89 bits per heavy atom. The summed E-state index contributed by atoms with van der Waals surface area (Å²) >= 11 is 0. The first kappa shape index (κ1) is 20.4. The van der Waals surface area contributed by atoms with Gasteiger partial charge in [-0.15, -0.1) is 6.58 Å². The molecule has 8 nitrogen and oxygen atoms in total. The Balaban J connectivity index is 2.29. The monoisotopic (exact) mass is 373 g/mol. The van der Waals surface area contributed by atoms with Gasteiger partial charge < -0.3 is 20.9 Å². The summed E-state index contributed by atoms with van der Waals surface area (Å²) in [7, 11) is 0. The lowest BCUT2D eigenvalue weighted by molar-refractivity contribution is -0.00773. The van der Waals surface area contributed by atoms with Crippen LogP contribution in [0.4, 0.5) is 10.5 Å². The number of anilines is 1. The van der Waals surface area contributed by atoms with Crippen LogP contribution in [0.15, 0.2) is 37.2 Å². The molecular weight excluding hydrogens is 346 g/mol. The fraction of sp³-hybridized carbons (Fsp3) is 0.421. The van der Waals surface area contributed by atoms with Gasteiger partial charge in [-0.1, -0.05) is 6.08 Å². The molecule has 0 aliphatic carbocycles. The van der Waals surface area contributed by atoms with E-state index in [0.29, 0.717) is 31.0 Å². The Morgan fingerprint density at radius 2 is 2.26 bits per heavy atom. The third-order valence-corrected chi connectivity index (χ3v) is 3.82. The third-order valence-electron chi connectivity index (χ3n) is 3.82. The van der Waals surface area contributed by atoms with Crippen LogP contribution in [0.3, 0.4) is 0 Å². The minimum atomic E-state index is -1.11. The first-order valence-electron chi connectivity index (χ1n) is 8.73. The standard InChI is InChI=1S/C19H27N5O3/c1-5-6-15(23-18(25)26)16-11-13(7-8-21-16)17-14(20)12-22-24(17)9-10-27-19(2,3)4/h5,7-8,11-12,15,23H,1,6,9-10,20H2,2-4H3,(H,25,26). The summed E-state index contributed by atoms with van der Waals surface area (Å²) in [5, 5.41) is 15.9. The van der Waals surface area contributed by atoms with Crippen molar-refractivity contribution in [2.75, 3.05) is 12.3 Å². The van der Waals surface area contributed by atoms with E-state index in [9.17, 15) is 4.79 Å². The van der Waals surface area contributed by atoms with Crippen molar-refractivity contribution >= 4 is 11.8 Å². The maximum atomic E-state index is 11.1. The number of hydrogen-bond acceptors (Lipinski definition) is 5. The van der Waals surface area contributed by atoms with E-state index in [1.807, 2.05) is 32.9 Å². The predicted molar refractivity (Wildman–Crippen MR) is 104 cm³/mol. The van der Waals surface area contributed by atoms with Gasteiger partial charge in [0.1, 0.15) is 0 Å². The van der Waals surface area contributed by atoms with Gasteiger partial charge in [0.2, 0.25) is 0 Å². The summed E-state index contributed by atoms with van der Waals surface area (Å²) in [6.07, 6.45) is 4.20. The molecule has 0 saturated carbocycles. The van der Waals surface area contributed by atoms with Gasteiger partial charge in [-0.25, -0.2) is 4.79 Å². The number of pyridine rings is 1. The molecule has 0 radical (unpaired) electrons. The molecule has 1 amide bonds. The van der Waals surface area contributed by atoms with Crippen molar-refractivity contribution in [3.63, 3.8) is 0 Å². The van der Waals surface area contributed by atoms with Crippen molar-refractivity contribution in [1.82, 2.24) is 20.1 Å². The molecule has 0 aliphatic heterocycles. The molecule has 0 aliphatic rings. The normalized spacial score (nSPS) is 12.6. The summed E-state index contributed by atoms with van der Waals surface area (Å²) in [4.78, 5) is 15.4. The summed E-state index contributed by atoms with van der Waals surface area (Å²) in [5.74, 6) is 0. The van der Waals surface area contributed by atoms with Gasteiger partial charge in [0, 0.05) is 11.8 Å². The second-order valence-electron chi connectivity index (χ2n) is 7.13. The lowest BCUT2D eigenvalue weighted by atomic mass is 10.1. The first-order chi connectivity index (χ1) is 12.7. The zero-order valence-corrected chi connectivity index (χ0v) is 16.0. The molecule has 4 N–H and O–H groups in total. The van der Waals surface area contributed by atoms with E-state index in [-0.39, 0.29) is 5.60 Å². The van der Waals surface area contributed by atoms with Crippen LogP contribution in [0.25, 0.3) is 11.3 Å². The number of ether oxygens (including phenoxy) is 1. The molecule has 2 aromatic rings. The molecule has 2 rings (SSSR count). The topological polar surface area (TPSA) is 115 Å². The Labute approximate surface area is 159 Å². The SMILES string of the molecule is C=CCC(NC(=O)O)c1cc(-c2c(N)cnn2CCOC(C)(C)C)ccn1. The molecular formula is C19H27N5O3. The van der Waals surface area contributed by atoms with Crippen molar-refractivity contribution in [3.05, 3.63) is 42.9 Å². The quantitative estimate of drug-likeness (QED) is 0.612. The fourth-order valence-electron chi connectivity index (χ4n) is 2.68. The average molecular weight is 373 g/mol. The number of nitrogen functional groups attached to an aromatic ring is 1. The van der Waals surface area contributed by atoms with E-state index in [1.54, 1.807) is 23.2 Å². The summed E-state index contributed by atoms with van der Waals surface area (Å²) in [6, 6.07) is 3.16. The van der Waals surface area contributed by atoms with E-state index in [4.69, 9.17) is 15.6 Å². The number of amides is 1. The van der Waals surface area contributed by atoms with Crippen molar-refractivity contribution < 1.29 is 14.6 Å². The molecule has 1 unspecified atom stereocenters. The van der Waals surface area contributed by atoms with Crippen LogP contribution in [-0.4, -0.2) is 38.2 Å². The molecule has 0 fully saturated rings. The molecule has 8 heteroatoms. The van der Waals surface area contributed by atoms with Gasteiger partial charge in [0.05, 0.1) is 48.1 Å². The zero-order chi connectivity index (χ0) is 20.0. The van der Waals surface area contributed by atoms with E-state index < -0.39 is 12.1 Å². The maximum Gasteiger partial charge on any atom is 0.405 e. The minimum Gasteiger partial charge on any atom is -0.465 e. The first-order valence-corrected chi connectivity index (χ1v) is 8.73. The smallest absolute Gasteiger partial charge is 0.405 e. The number of nitrogens with one attached hydrogen (secondary N) is 1. The molecule has 0 bridgehead atoms. The highest BCUT2D eigenvalue weighted by molar-refractivity contribution is 5.73. The summed E-state index contributed by atoms with van der Waals surface area (Å²) in [6.45, 7) is 10.7. The number of carboxylic acid groups (broad SMARTS) is 1.